The number of aromatic nitrogens is 1. The van der Waals surface area contributed by atoms with Gasteiger partial charge in [0.2, 0.25) is 0 Å². The van der Waals surface area contributed by atoms with Crippen molar-refractivity contribution in [3.8, 4) is 5.69 Å². The maximum Gasteiger partial charge on any atom is 0.329 e. The fourth-order valence-electron chi connectivity index (χ4n) is 3.02. The number of hydrogen-bond donors (Lipinski definition) is 1. The van der Waals surface area contributed by atoms with Gasteiger partial charge in [-0.05, 0) is 42.3 Å². The molecule has 5 nitrogen and oxygen atoms in total. The van der Waals surface area contributed by atoms with Crippen molar-refractivity contribution in [3.05, 3.63) is 95.4 Å². The lowest BCUT2D eigenvalue weighted by molar-refractivity contribution is -0.123. The van der Waals surface area contributed by atoms with E-state index in [1.54, 1.807) is 6.08 Å². The summed E-state index contributed by atoms with van der Waals surface area (Å²) in [6.07, 6.45) is 5.55. The fraction of sp³-hybridized carbons (Fsp3) is 0.0909. The molecule has 0 saturated carbocycles. The summed E-state index contributed by atoms with van der Waals surface area (Å²) in [6, 6.07) is 19.2. The van der Waals surface area contributed by atoms with E-state index in [4.69, 9.17) is 0 Å². The average molecular weight is 357 g/mol. The average Bonchev–Trinajstić information content (AvgIpc) is 3.25. The molecular weight excluding hydrogens is 338 g/mol. The minimum atomic E-state index is -0.394. The molecule has 0 spiro atoms. The standard InChI is InChI=1S/C22H19N3O2/c1-16-7-9-17(10-8-16)15-25-21(26)20(23-22(25)27)13-18-11-12-24(14-18)19-5-3-2-4-6-19/h2-14H,15H2,1H3,(H,23,27)/b20-13+. The summed E-state index contributed by atoms with van der Waals surface area (Å²) < 4.78 is 1.97. The molecule has 2 heterocycles. The molecule has 1 saturated heterocycles. The molecule has 1 N–H and O–H groups in total. The molecule has 0 atom stereocenters. The first-order valence-corrected chi connectivity index (χ1v) is 8.74. The second-order valence-electron chi connectivity index (χ2n) is 6.55. The molecule has 27 heavy (non-hydrogen) atoms. The van der Waals surface area contributed by atoms with Gasteiger partial charge in [0.25, 0.3) is 5.91 Å². The zero-order chi connectivity index (χ0) is 18.8. The van der Waals surface area contributed by atoms with Crippen molar-refractivity contribution in [2.24, 2.45) is 0 Å². The van der Waals surface area contributed by atoms with Gasteiger partial charge in [-0.2, -0.15) is 0 Å². The number of aryl methyl sites for hydroxylation is 1. The molecule has 1 fully saturated rings. The highest BCUT2D eigenvalue weighted by atomic mass is 16.2. The minimum Gasteiger partial charge on any atom is -0.323 e. The maximum absolute atomic E-state index is 12.6. The summed E-state index contributed by atoms with van der Waals surface area (Å²) in [4.78, 5) is 26.1. The third-order valence-electron chi connectivity index (χ3n) is 4.50. The van der Waals surface area contributed by atoms with Gasteiger partial charge in [0.1, 0.15) is 5.70 Å². The first kappa shape index (κ1) is 16.8. The molecule has 134 valence electrons. The SMILES string of the molecule is Cc1ccc(CN2C(=O)N/C(=C/c3ccn(-c4ccccc4)c3)C2=O)cc1. The van der Waals surface area contributed by atoms with Gasteiger partial charge in [-0.25, -0.2) is 4.79 Å². The van der Waals surface area contributed by atoms with Crippen LogP contribution in [0.25, 0.3) is 11.8 Å². The second-order valence-corrected chi connectivity index (χ2v) is 6.55. The molecule has 0 unspecified atom stereocenters. The molecule has 1 aromatic heterocycles. The molecule has 0 radical (unpaired) electrons. The summed E-state index contributed by atoms with van der Waals surface area (Å²) in [6.45, 7) is 2.26. The van der Waals surface area contributed by atoms with Crippen LogP contribution in [-0.4, -0.2) is 21.4 Å². The van der Waals surface area contributed by atoms with Crippen molar-refractivity contribution in [2.75, 3.05) is 0 Å². The number of hydrogen-bond acceptors (Lipinski definition) is 2. The molecule has 5 heteroatoms. The van der Waals surface area contributed by atoms with Crippen LogP contribution in [0.2, 0.25) is 0 Å². The predicted octanol–water partition coefficient (Wildman–Crippen LogP) is 3.88. The Morgan fingerprint density at radius 1 is 0.963 bits per heavy atom. The Balaban J connectivity index is 1.53. The zero-order valence-electron chi connectivity index (χ0n) is 14.9. The van der Waals surface area contributed by atoms with E-state index in [0.717, 1.165) is 22.4 Å². The Morgan fingerprint density at radius 3 is 2.44 bits per heavy atom. The number of urea groups is 1. The highest BCUT2D eigenvalue weighted by molar-refractivity contribution is 6.13. The molecule has 3 amide bonds. The van der Waals surface area contributed by atoms with Crippen LogP contribution in [0.4, 0.5) is 4.79 Å². The third-order valence-corrected chi connectivity index (χ3v) is 4.50. The van der Waals surface area contributed by atoms with E-state index < -0.39 is 6.03 Å². The number of carbonyl (C=O) groups is 2. The summed E-state index contributed by atoms with van der Waals surface area (Å²) in [5, 5.41) is 2.67. The highest BCUT2D eigenvalue weighted by Crippen LogP contribution is 2.18. The lowest BCUT2D eigenvalue weighted by Crippen LogP contribution is -2.30. The Bertz CT molecular complexity index is 1020. The molecule has 2 aromatic carbocycles. The molecule has 0 aliphatic carbocycles. The van der Waals surface area contributed by atoms with Gasteiger partial charge in [0, 0.05) is 18.1 Å². The first-order valence-electron chi connectivity index (χ1n) is 8.74. The van der Waals surface area contributed by atoms with E-state index in [0.29, 0.717) is 0 Å². The monoisotopic (exact) mass is 357 g/mol. The van der Waals surface area contributed by atoms with Gasteiger partial charge in [0.05, 0.1) is 6.54 Å². The van der Waals surface area contributed by atoms with Crippen LogP contribution in [-0.2, 0) is 11.3 Å². The van der Waals surface area contributed by atoms with E-state index >= 15 is 0 Å². The Labute approximate surface area is 157 Å². The summed E-state index contributed by atoms with van der Waals surface area (Å²) in [7, 11) is 0. The van der Waals surface area contributed by atoms with Gasteiger partial charge in [-0.3, -0.25) is 9.69 Å². The fourth-order valence-corrected chi connectivity index (χ4v) is 3.02. The van der Waals surface area contributed by atoms with Crippen LogP contribution in [0.3, 0.4) is 0 Å². The van der Waals surface area contributed by atoms with Crippen molar-refractivity contribution < 1.29 is 9.59 Å². The number of imide groups is 1. The van der Waals surface area contributed by atoms with Crippen molar-refractivity contribution in [3.63, 3.8) is 0 Å². The molecular formula is C22H19N3O2. The quantitative estimate of drug-likeness (QED) is 0.569. The summed E-state index contributed by atoms with van der Waals surface area (Å²) >= 11 is 0. The predicted molar refractivity (Wildman–Crippen MR) is 104 cm³/mol. The normalized spacial score (nSPS) is 15.4. The van der Waals surface area contributed by atoms with Crippen LogP contribution in [0, 0.1) is 6.92 Å². The first-order chi connectivity index (χ1) is 13.1. The van der Waals surface area contributed by atoms with Crippen LogP contribution >= 0.6 is 0 Å². The van der Waals surface area contributed by atoms with Crippen LogP contribution in [0.15, 0.2) is 78.8 Å². The summed E-state index contributed by atoms with van der Waals surface area (Å²) in [5.41, 5.74) is 4.22. The smallest absolute Gasteiger partial charge is 0.323 e. The van der Waals surface area contributed by atoms with Gasteiger partial charge >= 0.3 is 6.03 Å². The van der Waals surface area contributed by atoms with E-state index in [-0.39, 0.29) is 18.1 Å². The summed E-state index contributed by atoms with van der Waals surface area (Å²) in [5.74, 6) is -0.312. The second kappa shape index (κ2) is 6.96. The van der Waals surface area contributed by atoms with Crippen LogP contribution in [0.5, 0.6) is 0 Å². The number of nitrogens with zero attached hydrogens (tertiary/aromatic N) is 2. The largest absolute Gasteiger partial charge is 0.329 e. The third kappa shape index (κ3) is 3.53. The van der Waals surface area contributed by atoms with E-state index in [9.17, 15) is 9.59 Å². The molecule has 1 aliphatic heterocycles. The van der Waals surface area contributed by atoms with E-state index in [1.807, 2.05) is 84.5 Å². The van der Waals surface area contributed by atoms with Gasteiger partial charge in [-0.1, -0.05) is 48.0 Å². The lowest BCUT2D eigenvalue weighted by atomic mass is 10.1. The molecule has 3 aromatic rings. The van der Waals surface area contributed by atoms with Crippen LogP contribution in [0.1, 0.15) is 16.7 Å². The zero-order valence-corrected chi connectivity index (χ0v) is 14.9. The molecule has 1 aliphatic rings. The van der Waals surface area contributed by atoms with E-state index in [2.05, 4.69) is 5.32 Å². The van der Waals surface area contributed by atoms with Crippen molar-refractivity contribution in [1.82, 2.24) is 14.8 Å². The van der Waals surface area contributed by atoms with Crippen molar-refractivity contribution >= 4 is 18.0 Å². The molecule has 4 rings (SSSR count). The Hall–Kier alpha value is -3.60. The minimum absolute atomic E-state index is 0.257. The Kier molecular flexibility index (Phi) is 4.34. The number of para-hydroxylation sites is 1. The van der Waals surface area contributed by atoms with Crippen molar-refractivity contribution in [1.29, 1.82) is 0 Å². The van der Waals surface area contributed by atoms with Gasteiger partial charge in [-0.15, -0.1) is 0 Å². The lowest BCUT2D eigenvalue weighted by Gasteiger charge is -2.11. The number of carbonyl (C=O) groups excluding carboxylic acids is 2. The topological polar surface area (TPSA) is 54.3 Å². The van der Waals surface area contributed by atoms with Gasteiger partial charge < -0.3 is 9.88 Å². The number of nitrogens with one attached hydrogen (secondary N) is 1. The Morgan fingerprint density at radius 2 is 1.70 bits per heavy atom. The maximum atomic E-state index is 12.6. The number of amides is 3. The highest BCUT2D eigenvalue weighted by Gasteiger charge is 2.33. The number of benzene rings is 2. The van der Waals surface area contributed by atoms with Crippen molar-refractivity contribution in [2.45, 2.75) is 13.5 Å². The number of rotatable bonds is 4. The van der Waals surface area contributed by atoms with E-state index in [1.165, 1.54) is 4.90 Å². The van der Waals surface area contributed by atoms with Gasteiger partial charge in [0.15, 0.2) is 0 Å². The molecule has 0 bridgehead atoms. The van der Waals surface area contributed by atoms with Crippen LogP contribution < -0.4 is 5.32 Å².